The van der Waals surface area contributed by atoms with Crippen LogP contribution in [0.15, 0.2) is 63.2 Å². The van der Waals surface area contributed by atoms with E-state index in [1.165, 1.54) is 32.0 Å². The average Bonchev–Trinajstić information content (AvgIpc) is 2.75. The predicted octanol–water partition coefficient (Wildman–Crippen LogP) is 3.74. The van der Waals surface area contributed by atoms with Crippen LogP contribution in [0.5, 0.6) is 0 Å². The minimum absolute atomic E-state index is 0.161. The summed E-state index contributed by atoms with van der Waals surface area (Å²) in [6.07, 6.45) is 0. The normalized spacial score (nSPS) is 10.4. The number of hydrogen-bond donors (Lipinski definition) is 4. The zero-order valence-electron chi connectivity index (χ0n) is 16.0. The lowest BCUT2D eigenvalue weighted by Gasteiger charge is -2.03. The van der Waals surface area contributed by atoms with Gasteiger partial charge in [0.2, 0.25) is 0 Å². The maximum Gasteiger partial charge on any atom is 0.0889 e. The van der Waals surface area contributed by atoms with Crippen molar-refractivity contribution in [2.75, 3.05) is 42.9 Å². The standard InChI is InChI=1S/C10H16N2S2.C10H14O2S2/c11-5-7-13-9-1-2-10(4-3-9)14-8-6-12;11-4-5-14-10-3-1-2-9(6-10)7-13-8-12/h1-4H,5-8,11-12H2;1-3,6,11-12H,4-5,7-8H2. The van der Waals surface area contributed by atoms with Gasteiger partial charge in [-0.15, -0.1) is 47.0 Å². The minimum Gasteiger partial charge on any atom is -0.396 e. The first-order valence-electron chi connectivity index (χ1n) is 9.00. The number of hydrogen-bond acceptors (Lipinski definition) is 8. The molecule has 0 radical (unpaired) electrons. The van der Waals surface area contributed by atoms with E-state index >= 15 is 0 Å². The minimum atomic E-state index is 0.161. The second kappa shape index (κ2) is 17.5. The van der Waals surface area contributed by atoms with Gasteiger partial charge in [-0.2, -0.15) is 0 Å². The van der Waals surface area contributed by atoms with Gasteiger partial charge in [-0.05, 0) is 42.0 Å². The van der Waals surface area contributed by atoms with E-state index in [9.17, 15) is 0 Å². The van der Waals surface area contributed by atoms with E-state index in [2.05, 4.69) is 30.3 Å². The Bertz CT molecular complexity index is 580. The Hall–Kier alpha value is -0.320. The number of nitrogens with two attached hydrogens (primary N) is 2. The van der Waals surface area contributed by atoms with Crippen LogP contribution >= 0.6 is 47.0 Å². The van der Waals surface area contributed by atoms with E-state index < -0.39 is 0 Å². The van der Waals surface area contributed by atoms with Crippen molar-refractivity contribution in [3.05, 3.63) is 54.1 Å². The van der Waals surface area contributed by atoms with E-state index in [0.717, 1.165) is 36.1 Å². The molecule has 0 aliphatic heterocycles. The van der Waals surface area contributed by atoms with Crippen molar-refractivity contribution in [3.63, 3.8) is 0 Å². The van der Waals surface area contributed by atoms with Gasteiger partial charge >= 0.3 is 0 Å². The Balaban J connectivity index is 0.000000280. The summed E-state index contributed by atoms with van der Waals surface area (Å²) in [5, 5.41) is 17.3. The molecule has 0 amide bonds. The summed E-state index contributed by atoms with van der Waals surface area (Å²) in [4.78, 5) is 3.75. The molecule has 4 nitrogen and oxygen atoms in total. The summed E-state index contributed by atoms with van der Waals surface area (Å²) < 4.78 is 0. The number of thioether (sulfide) groups is 4. The molecule has 2 aromatic carbocycles. The van der Waals surface area contributed by atoms with Gasteiger partial charge in [0.1, 0.15) is 0 Å². The summed E-state index contributed by atoms with van der Waals surface area (Å²) in [5.74, 6) is 3.69. The highest BCUT2D eigenvalue weighted by Gasteiger charge is 1.97. The molecule has 0 unspecified atom stereocenters. The SMILES string of the molecule is NCCSc1ccc(SCCN)cc1.OCCSc1cccc(CSCO)c1. The first kappa shape index (κ1) is 25.7. The van der Waals surface area contributed by atoms with Crippen LogP contribution < -0.4 is 11.5 Å². The first-order chi connectivity index (χ1) is 13.7. The lowest BCUT2D eigenvalue weighted by Crippen LogP contribution is -2.01. The van der Waals surface area contributed by atoms with Crippen molar-refractivity contribution < 1.29 is 10.2 Å². The molecular formula is C20H30N2O2S4. The topological polar surface area (TPSA) is 92.5 Å². The van der Waals surface area contributed by atoms with Crippen molar-refractivity contribution in [2.24, 2.45) is 11.5 Å². The van der Waals surface area contributed by atoms with Gasteiger partial charge in [-0.1, -0.05) is 12.1 Å². The molecule has 0 bridgehead atoms. The molecule has 2 rings (SSSR count). The molecule has 0 atom stereocenters. The lowest BCUT2D eigenvalue weighted by atomic mass is 10.2. The number of aliphatic hydroxyl groups is 2. The van der Waals surface area contributed by atoms with Gasteiger partial charge in [0.15, 0.2) is 0 Å². The summed E-state index contributed by atoms with van der Waals surface area (Å²) in [7, 11) is 0. The van der Waals surface area contributed by atoms with Crippen LogP contribution in [0.2, 0.25) is 0 Å². The quantitative estimate of drug-likeness (QED) is 0.282. The number of rotatable bonds is 12. The molecule has 0 aliphatic rings. The van der Waals surface area contributed by atoms with Gasteiger partial charge in [-0.25, -0.2) is 0 Å². The largest absolute Gasteiger partial charge is 0.396 e. The Kier molecular flexibility index (Phi) is 16.1. The zero-order valence-corrected chi connectivity index (χ0v) is 19.2. The van der Waals surface area contributed by atoms with E-state index in [1.54, 1.807) is 35.3 Å². The fourth-order valence-electron chi connectivity index (χ4n) is 2.04. The smallest absolute Gasteiger partial charge is 0.0889 e. The highest BCUT2D eigenvalue weighted by molar-refractivity contribution is 8.00. The Morgan fingerprint density at radius 3 is 1.79 bits per heavy atom. The van der Waals surface area contributed by atoms with Crippen LogP contribution in [0.25, 0.3) is 0 Å². The molecule has 8 heteroatoms. The molecule has 2 aromatic rings. The van der Waals surface area contributed by atoms with Crippen LogP contribution in [0.1, 0.15) is 5.56 Å². The number of aliphatic hydroxyl groups excluding tert-OH is 2. The first-order valence-corrected chi connectivity index (χ1v) is 13.1. The Morgan fingerprint density at radius 1 is 0.714 bits per heavy atom. The molecule has 0 spiro atoms. The molecule has 0 saturated carbocycles. The van der Waals surface area contributed by atoms with Crippen molar-refractivity contribution in [3.8, 4) is 0 Å². The van der Waals surface area contributed by atoms with Gasteiger partial charge < -0.3 is 21.7 Å². The van der Waals surface area contributed by atoms with Gasteiger partial charge in [0.05, 0.1) is 12.5 Å². The van der Waals surface area contributed by atoms with E-state index in [4.69, 9.17) is 21.7 Å². The molecule has 0 aliphatic carbocycles. The second-order valence-electron chi connectivity index (χ2n) is 5.44. The van der Waals surface area contributed by atoms with Gasteiger partial charge in [0, 0.05) is 50.8 Å². The Morgan fingerprint density at radius 2 is 1.29 bits per heavy atom. The summed E-state index contributed by atoms with van der Waals surface area (Å²) in [6, 6.07) is 16.7. The van der Waals surface area contributed by atoms with Crippen LogP contribution in [0.4, 0.5) is 0 Å². The summed E-state index contributed by atoms with van der Waals surface area (Å²) >= 11 is 6.72. The van der Waals surface area contributed by atoms with Crippen molar-refractivity contribution in [1.82, 2.24) is 0 Å². The van der Waals surface area contributed by atoms with Gasteiger partial charge in [0.25, 0.3) is 0 Å². The molecule has 0 aromatic heterocycles. The third kappa shape index (κ3) is 12.3. The molecule has 0 fully saturated rings. The number of benzene rings is 2. The van der Waals surface area contributed by atoms with E-state index in [1.807, 2.05) is 18.2 Å². The van der Waals surface area contributed by atoms with Crippen molar-refractivity contribution >= 4 is 47.0 Å². The summed E-state index contributed by atoms with van der Waals surface area (Å²) in [6.45, 7) is 1.67. The molecule has 0 saturated heterocycles. The van der Waals surface area contributed by atoms with Crippen LogP contribution in [0.3, 0.4) is 0 Å². The fraction of sp³-hybridized carbons (Fsp3) is 0.400. The van der Waals surface area contributed by atoms with Crippen molar-refractivity contribution in [1.29, 1.82) is 0 Å². The highest BCUT2D eigenvalue weighted by atomic mass is 32.2. The lowest BCUT2D eigenvalue weighted by molar-refractivity contribution is 0.322. The monoisotopic (exact) mass is 458 g/mol. The fourth-order valence-corrected chi connectivity index (χ4v) is 4.64. The second-order valence-corrected chi connectivity index (χ2v) is 9.90. The van der Waals surface area contributed by atoms with Crippen LogP contribution in [-0.4, -0.2) is 53.1 Å². The third-order valence-electron chi connectivity index (χ3n) is 3.22. The van der Waals surface area contributed by atoms with Crippen LogP contribution in [-0.2, 0) is 5.75 Å². The average molecular weight is 459 g/mol. The summed E-state index contributed by atoms with van der Waals surface area (Å²) in [5.41, 5.74) is 12.1. The molecule has 0 heterocycles. The third-order valence-corrected chi connectivity index (χ3v) is 7.00. The zero-order chi connectivity index (χ0) is 20.5. The molecular weight excluding hydrogens is 429 g/mol. The molecule has 156 valence electrons. The van der Waals surface area contributed by atoms with Crippen LogP contribution in [0, 0.1) is 0 Å². The molecule has 6 N–H and O–H groups in total. The highest BCUT2D eigenvalue weighted by Crippen LogP contribution is 2.23. The van der Waals surface area contributed by atoms with Crippen molar-refractivity contribution in [2.45, 2.75) is 20.4 Å². The predicted molar refractivity (Wildman–Crippen MR) is 129 cm³/mol. The van der Waals surface area contributed by atoms with Gasteiger partial charge in [-0.3, -0.25) is 0 Å². The van der Waals surface area contributed by atoms with E-state index in [-0.39, 0.29) is 12.5 Å². The molecule has 28 heavy (non-hydrogen) atoms. The maximum atomic E-state index is 8.68. The Labute approximate surface area is 185 Å². The van der Waals surface area contributed by atoms with E-state index in [0.29, 0.717) is 0 Å². The maximum absolute atomic E-state index is 8.68.